The first kappa shape index (κ1) is 21.9. The van der Waals surface area contributed by atoms with Gasteiger partial charge in [0.25, 0.3) is 0 Å². The zero-order chi connectivity index (χ0) is 19.2. The average Bonchev–Trinajstić information content (AvgIpc) is 2.73. The van der Waals surface area contributed by atoms with Crippen molar-refractivity contribution >= 4 is 18.3 Å². The number of hydrogen-bond acceptors (Lipinski definition) is 5. The van der Waals surface area contributed by atoms with Crippen LogP contribution < -0.4 is 19.5 Å². The van der Waals surface area contributed by atoms with Crippen molar-refractivity contribution in [1.29, 1.82) is 0 Å². The summed E-state index contributed by atoms with van der Waals surface area (Å²) in [4.78, 5) is 15.0. The van der Waals surface area contributed by atoms with Crippen molar-refractivity contribution in [2.75, 3.05) is 41.0 Å². The van der Waals surface area contributed by atoms with Crippen LogP contribution in [0.15, 0.2) is 42.5 Å². The lowest BCUT2D eigenvalue weighted by atomic mass is 10.0. The molecule has 1 atom stereocenters. The number of nitrogens with zero attached hydrogens (tertiary/aromatic N) is 1. The number of rotatable bonds is 6. The fraction of sp³-hybridized carbons (Fsp3) is 0.381. The molecule has 7 heteroatoms. The monoisotopic (exact) mass is 406 g/mol. The highest BCUT2D eigenvalue weighted by Crippen LogP contribution is 2.31. The number of hydrogen-bond donors (Lipinski definition) is 1. The number of halogens is 1. The summed E-state index contributed by atoms with van der Waals surface area (Å²) in [6.45, 7) is 2.15. The van der Waals surface area contributed by atoms with Gasteiger partial charge in [0.1, 0.15) is 5.75 Å². The molecule has 0 aromatic heterocycles. The second kappa shape index (κ2) is 10.2. The van der Waals surface area contributed by atoms with Gasteiger partial charge in [0.15, 0.2) is 11.5 Å². The summed E-state index contributed by atoms with van der Waals surface area (Å²) in [6, 6.07) is 13.4. The molecule has 152 valence electrons. The van der Waals surface area contributed by atoms with E-state index >= 15 is 0 Å². The van der Waals surface area contributed by atoms with E-state index < -0.39 is 0 Å². The van der Waals surface area contributed by atoms with Crippen LogP contribution in [-0.4, -0.2) is 51.8 Å². The van der Waals surface area contributed by atoms with E-state index in [0.717, 1.165) is 23.4 Å². The number of piperazine rings is 1. The summed E-state index contributed by atoms with van der Waals surface area (Å²) >= 11 is 0. The van der Waals surface area contributed by atoms with Gasteiger partial charge >= 0.3 is 0 Å². The lowest BCUT2D eigenvalue weighted by Crippen LogP contribution is -2.49. The Morgan fingerprint density at radius 2 is 1.75 bits per heavy atom. The highest BCUT2D eigenvalue weighted by molar-refractivity contribution is 5.85. The van der Waals surface area contributed by atoms with Gasteiger partial charge in [0.2, 0.25) is 5.91 Å². The van der Waals surface area contributed by atoms with E-state index in [2.05, 4.69) is 5.32 Å². The van der Waals surface area contributed by atoms with Crippen LogP contribution in [0.4, 0.5) is 0 Å². The molecule has 1 unspecified atom stereocenters. The predicted molar refractivity (Wildman–Crippen MR) is 111 cm³/mol. The Morgan fingerprint density at radius 1 is 1.04 bits per heavy atom. The van der Waals surface area contributed by atoms with Gasteiger partial charge in [-0.3, -0.25) is 4.79 Å². The van der Waals surface area contributed by atoms with Gasteiger partial charge in [-0.2, -0.15) is 0 Å². The zero-order valence-corrected chi connectivity index (χ0v) is 17.3. The number of ether oxygens (including phenoxy) is 3. The smallest absolute Gasteiger partial charge is 0.227 e. The minimum absolute atomic E-state index is 0. The van der Waals surface area contributed by atoms with Crippen molar-refractivity contribution in [3.8, 4) is 17.2 Å². The Labute approximate surface area is 172 Å². The number of carbonyl (C=O) groups is 1. The molecule has 2 aromatic carbocycles. The number of carbonyl (C=O) groups excluding carboxylic acids is 1. The van der Waals surface area contributed by atoms with Crippen molar-refractivity contribution in [2.24, 2.45) is 0 Å². The molecule has 1 aliphatic heterocycles. The molecule has 0 bridgehead atoms. The summed E-state index contributed by atoms with van der Waals surface area (Å²) in [6.07, 6.45) is 0.312. The van der Waals surface area contributed by atoms with Gasteiger partial charge in [-0.1, -0.05) is 24.3 Å². The van der Waals surface area contributed by atoms with Crippen molar-refractivity contribution in [2.45, 2.75) is 12.5 Å². The number of amides is 1. The third-order valence-corrected chi connectivity index (χ3v) is 4.86. The molecule has 0 saturated carbocycles. The lowest BCUT2D eigenvalue weighted by Gasteiger charge is -2.37. The molecule has 1 N–H and O–H groups in total. The Morgan fingerprint density at radius 3 is 2.46 bits per heavy atom. The van der Waals surface area contributed by atoms with Crippen molar-refractivity contribution < 1.29 is 19.0 Å². The molecule has 1 aliphatic rings. The third kappa shape index (κ3) is 4.69. The normalized spacial score (nSPS) is 16.1. The first-order valence-corrected chi connectivity index (χ1v) is 9.02. The molecular formula is C21H27ClN2O4. The van der Waals surface area contributed by atoms with Gasteiger partial charge in [0.05, 0.1) is 33.8 Å². The third-order valence-electron chi connectivity index (χ3n) is 4.86. The number of methoxy groups -OCH3 is 3. The Hall–Kier alpha value is -2.44. The quantitative estimate of drug-likeness (QED) is 0.799. The molecule has 1 saturated heterocycles. The van der Waals surface area contributed by atoms with Crippen LogP contribution in [0, 0.1) is 0 Å². The zero-order valence-electron chi connectivity index (χ0n) is 16.4. The second-order valence-electron chi connectivity index (χ2n) is 6.42. The average molecular weight is 407 g/mol. The number of nitrogens with one attached hydrogen (secondary N) is 1. The Bertz CT molecular complexity index is 800. The van der Waals surface area contributed by atoms with E-state index in [9.17, 15) is 4.79 Å². The molecule has 3 rings (SSSR count). The highest BCUT2D eigenvalue weighted by Gasteiger charge is 2.29. The van der Waals surface area contributed by atoms with Crippen LogP contribution in [-0.2, 0) is 11.2 Å². The lowest BCUT2D eigenvalue weighted by molar-refractivity contribution is -0.133. The number of para-hydroxylation sites is 1. The fourth-order valence-corrected chi connectivity index (χ4v) is 3.49. The minimum Gasteiger partial charge on any atom is -0.496 e. The molecule has 0 aliphatic carbocycles. The van der Waals surface area contributed by atoms with Gasteiger partial charge < -0.3 is 24.4 Å². The van der Waals surface area contributed by atoms with Crippen LogP contribution in [0.3, 0.4) is 0 Å². The Kier molecular flexibility index (Phi) is 7.96. The fourth-order valence-electron chi connectivity index (χ4n) is 3.49. The van der Waals surface area contributed by atoms with Crippen molar-refractivity contribution in [1.82, 2.24) is 10.2 Å². The summed E-state index contributed by atoms with van der Waals surface area (Å²) < 4.78 is 16.1. The molecular weight excluding hydrogens is 380 g/mol. The summed E-state index contributed by atoms with van der Waals surface area (Å²) in [5.74, 6) is 2.17. The summed E-state index contributed by atoms with van der Waals surface area (Å²) in [7, 11) is 4.85. The molecule has 1 fully saturated rings. The maximum absolute atomic E-state index is 13.1. The van der Waals surface area contributed by atoms with E-state index in [4.69, 9.17) is 14.2 Å². The van der Waals surface area contributed by atoms with Crippen LogP contribution in [0.5, 0.6) is 17.2 Å². The first-order valence-electron chi connectivity index (χ1n) is 9.02. The summed E-state index contributed by atoms with van der Waals surface area (Å²) in [5.41, 5.74) is 1.92. The van der Waals surface area contributed by atoms with Crippen LogP contribution in [0.25, 0.3) is 0 Å². The van der Waals surface area contributed by atoms with Crippen molar-refractivity contribution in [3.63, 3.8) is 0 Å². The molecule has 1 heterocycles. The van der Waals surface area contributed by atoms with E-state index in [1.165, 1.54) is 0 Å². The minimum atomic E-state index is -0.0532. The Balaban J connectivity index is 0.00000280. The van der Waals surface area contributed by atoms with E-state index in [1.807, 2.05) is 47.4 Å². The first-order chi connectivity index (χ1) is 13.2. The molecule has 0 radical (unpaired) electrons. The van der Waals surface area contributed by atoms with E-state index in [0.29, 0.717) is 31.0 Å². The van der Waals surface area contributed by atoms with Crippen LogP contribution in [0.1, 0.15) is 17.2 Å². The molecule has 28 heavy (non-hydrogen) atoms. The SMILES string of the molecule is COc1ccc(CC(=O)N2CCNCC2c2ccccc2OC)cc1OC.Cl. The van der Waals surface area contributed by atoms with Crippen molar-refractivity contribution in [3.05, 3.63) is 53.6 Å². The van der Waals surface area contributed by atoms with Gasteiger partial charge in [-0.15, -0.1) is 12.4 Å². The van der Waals surface area contributed by atoms with Gasteiger partial charge in [-0.25, -0.2) is 0 Å². The van der Waals surface area contributed by atoms with Gasteiger partial charge in [-0.05, 0) is 23.8 Å². The summed E-state index contributed by atoms with van der Waals surface area (Å²) in [5, 5.41) is 3.38. The maximum Gasteiger partial charge on any atom is 0.227 e. The second-order valence-corrected chi connectivity index (χ2v) is 6.42. The molecule has 0 spiro atoms. The van der Waals surface area contributed by atoms with Gasteiger partial charge in [0, 0.05) is 25.2 Å². The number of benzene rings is 2. The standard InChI is InChI=1S/C21H26N2O4.ClH/c1-25-18-7-5-4-6-16(18)17-14-22-10-11-23(17)21(24)13-15-8-9-19(26-2)20(12-15)27-3;/h4-9,12,17,22H,10-11,13-14H2,1-3H3;1H. The largest absolute Gasteiger partial charge is 0.496 e. The van der Waals surface area contributed by atoms with E-state index in [-0.39, 0.29) is 24.4 Å². The predicted octanol–water partition coefficient (Wildman–Crippen LogP) is 2.85. The van der Waals surface area contributed by atoms with Crippen LogP contribution >= 0.6 is 12.4 Å². The maximum atomic E-state index is 13.1. The molecule has 1 amide bonds. The topological polar surface area (TPSA) is 60.0 Å². The molecule has 2 aromatic rings. The highest BCUT2D eigenvalue weighted by atomic mass is 35.5. The molecule has 6 nitrogen and oxygen atoms in total. The van der Waals surface area contributed by atoms with E-state index in [1.54, 1.807) is 21.3 Å². The van der Waals surface area contributed by atoms with Crippen LogP contribution in [0.2, 0.25) is 0 Å².